The lowest BCUT2D eigenvalue weighted by molar-refractivity contribution is -0.129. The van der Waals surface area contributed by atoms with Crippen molar-refractivity contribution in [2.45, 2.75) is 13.0 Å². The highest BCUT2D eigenvalue weighted by molar-refractivity contribution is 6.04. The lowest BCUT2D eigenvalue weighted by Gasteiger charge is -2.17. The van der Waals surface area contributed by atoms with Gasteiger partial charge in [-0.05, 0) is 35.4 Å². The van der Waals surface area contributed by atoms with Crippen molar-refractivity contribution in [3.8, 4) is 0 Å². The van der Waals surface area contributed by atoms with E-state index in [0.29, 0.717) is 24.2 Å². The van der Waals surface area contributed by atoms with E-state index in [1.807, 2.05) is 66.7 Å². The molecule has 0 spiro atoms. The largest absolute Gasteiger partial charge is 0.451 e. The number of likely N-dealkylation sites (N-methyl/N-ethyl adjacent to an activating group) is 1. The molecule has 0 saturated heterocycles. The minimum atomic E-state index is -0.308. The van der Waals surface area contributed by atoms with E-state index in [2.05, 4.69) is 5.32 Å². The number of fused-ring (bicyclic) bond motifs is 1. The van der Waals surface area contributed by atoms with Crippen LogP contribution in [-0.2, 0) is 17.8 Å². The van der Waals surface area contributed by atoms with Crippen LogP contribution in [0.25, 0.3) is 11.0 Å². The molecule has 4 aromatic rings. The second-order valence-corrected chi connectivity index (χ2v) is 7.21. The average Bonchev–Trinajstić information content (AvgIpc) is 3.20. The SMILES string of the molecule is CN(Cc1ccccc1)C(=O)Cc1ccc(NC(=O)c2cc3ccccc3o2)cc1. The number of rotatable bonds is 6. The van der Waals surface area contributed by atoms with Crippen LogP contribution in [0.1, 0.15) is 21.7 Å². The standard InChI is InChI=1S/C25H22N2O3/c1-27(17-19-7-3-2-4-8-19)24(28)15-18-11-13-21(14-12-18)26-25(29)23-16-20-9-5-6-10-22(20)30-23/h2-14,16H,15,17H2,1H3,(H,26,29). The Hall–Kier alpha value is -3.86. The Morgan fingerprint density at radius 3 is 2.30 bits per heavy atom. The van der Waals surface area contributed by atoms with Gasteiger partial charge in [-0.1, -0.05) is 60.7 Å². The summed E-state index contributed by atoms with van der Waals surface area (Å²) in [7, 11) is 1.80. The van der Waals surface area contributed by atoms with Crippen LogP contribution in [0, 0.1) is 0 Å². The number of carbonyl (C=O) groups excluding carboxylic acids is 2. The molecule has 3 aromatic carbocycles. The fraction of sp³-hybridized carbons (Fsp3) is 0.120. The number of hydrogen-bond acceptors (Lipinski definition) is 3. The van der Waals surface area contributed by atoms with Gasteiger partial charge < -0.3 is 14.6 Å². The molecule has 1 aromatic heterocycles. The summed E-state index contributed by atoms with van der Waals surface area (Å²) in [6.45, 7) is 0.575. The molecule has 5 heteroatoms. The molecule has 0 aliphatic rings. The number of carbonyl (C=O) groups is 2. The zero-order valence-electron chi connectivity index (χ0n) is 16.7. The maximum absolute atomic E-state index is 12.5. The Balaban J connectivity index is 1.35. The molecule has 0 aliphatic carbocycles. The Bertz CT molecular complexity index is 1130. The number of benzene rings is 3. The van der Waals surface area contributed by atoms with Crippen molar-refractivity contribution in [1.29, 1.82) is 0 Å². The number of amides is 2. The predicted octanol–water partition coefficient (Wildman–Crippen LogP) is 4.89. The lowest BCUT2D eigenvalue weighted by atomic mass is 10.1. The van der Waals surface area contributed by atoms with Crippen molar-refractivity contribution in [1.82, 2.24) is 4.90 Å². The molecule has 0 radical (unpaired) electrons. The maximum atomic E-state index is 12.5. The number of para-hydroxylation sites is 1. The molecule has 30 heavy (non-hydrogen) atoms. The number of furan rings is 1. The molecule has 0 fully saturated rings. The van der Waals surface area contributed by atoms with Gasteiger partial charge in [0.15, 0.2) is 5.76 Å². The van der Waals surface area contributed by atoms with Crippen LogP contribution in [0.5, 0.6) is 0 Å². The molecule has 5 nitrogen and oxygen atoms in total. The fourth-order valence-corrected chi connectivity index (χ4v) is 3.25. The second-order valence-electron chi connectivity index (χ2n) is 7.21. The van der Waals surface area contributed by atoms with Gasteiger partial charge in [0.25, 0.3) is 5.91 Å². The van der Waals surface area contributed by atoms with Crippen LogP contribution in [0.3, 0.4) is 0 Å². The molecule has 0 bridgehead atoms. The van der Waals surface area contributed by atoms with Gasteiger partial charge in [-0.15, -0.1) is 0 Å². The summed E-state index contributed by atoms with van der Waals surface area (Å²) in [5.41, 5.74) is 3.31. The van der Waals surface area contributed by atoms with E-state index in [4.69, 9.17) is 4.42 Å². The predicted molar refractivity (Wildman–Crippen MR) is 117 cm³/mol. The molecule has 1 N–H and O–H groups in total. The first-order valence-electron chi connectivity index (χ1n) is 9.75. The van der Waals surface area contributed by atoms with Crippen LogP contribution in [0.15, 0.2) is 89.3 Å². The van der Waals surface area contributed by atoms with Gasteiger partial charge >= 0.3 is 0 Å². The smallest absolute Gasteiger partial charge is 0.291 e. The minimum absolute atomic E-state index is 0.0397. The van der Waals surface area contributed by atoms with Crippen LogP contribution in [0.2, 0.25) is 0 Å². The van der Waals surface area contributed by atoms with Crippen molar-refractivity contribution < 1.29 is 14.0 Å². The van der Waals surface area contributed by atoms with Gasteiger partial charge in [0, 0.05) is 24.7 Å². The van der Waals surface area contributed by atoms with E-state index >= 15 is 0 Å². The molecule has 2 amide bonds. The van der Waals surface area contributed by atoms with E-state index in [0.717, 1.165) is 16.5 Å². The van der Waals surface area contributed by atoms with Crippen molar-refractivity contribution in [2.75, 3.05) is 12.4 Å². The minimum Gasteiger partial charge on any atom is -0.451 e. The second kappa shape index (κ2) is 8.66. The van der Waals surface area contributed by atoms with Crippen molar-refractivity contribution in [3.05, 3.63) is 102 Å². The average molecular weight is 398 g/mol. The van der Waals surface area contributed by atoms with Gasteiger partial charge in [0.2, 0.25) is 5.91 Å². The number of anilines is 1. The van der Waals surface area contributed by atoms with Gasteiger partial charge in [-0.3, -0.25) is 9.59 Å². The molecule has 150 valence electrons. The van der Waals surface area contributed by atoms with E-state index in [-0.39, 0.29) is 17.6 Å². The van der Waals surface area contributed by atoms with E-state index in [9.17, 15) is 9.59 Å². The van der Waals surface area contributed by atoms with Crippen molar-refractivity contribution in [2.24, 2.45) is 0 Å². The molecular formula is C25H22N2O3. The highest BCUT2D eigenvalue weighted by Crippen LogP contribution is 2.20. The van der Waals surface area contributed by atoms with Gasteiger partial charge in [-0.25, -0.2) is 0 Å². The Morgan fingerprint density at radius 1 is 0.867 bits per heavy atom. The zero-order chi connectivity index (χ0) is 20.9. The molecule has 1 heterocycles. The number of nitrogens with one attached hydrogen (secondary N) is 1. The van der Waals surface area contributed by atoms with Gasteiger partial charge in [-0.2, -0.15) is 0 Å². The molecule has 0 unspecified atom stereocenters. The molecular weight excluding hydrogens is 376 g/mol. The fourth-order valence-electron chi connectivity index (χ4n) is 3.25. The molecule has 0 aliphatic heterocycles. The van der Waals surface area contributed by atoms with Crippen molar-refractivity contribution >= 4 is 28.5 Å². The van der Waals surface area contributed by atoms with Gasteiger partial charge in [0.1, 0.15) is 5.58 Å². The third-order valence-corrected chi connectivity index (χ3v) is 4.90. The lowest BCUT2D eigenvalue weighted by Crippen LogP contribution is -2.27. The summed E-state index contributed by atoms with van der Waals surface area (Å²) in [4.78, 5) is 26.7. The summed E-state index contributed by atoms with van der Waals surface area (Å²) in [5.74, 6) is -0.00599. The number of nitrogens with zero attached hydrogens (tertiary/aromatic N) is 1. The van der Waals surface area contributed by atoms with Gasteiger partial charge in [0.05, 0.1) is 6.42 Å². The van der Waals surface area contributed by atoms with Crippen LogP contribution < -0.4 is 5.32 Å². The first-order chi connectivity index (χ1) is 14.6. The summed E-state index contributed by atoms with van der Waals surface area (Å²) >= 11 is 0. The van der Waals surface area contributed by atoms with Crippen LogP contribution in [0.4, 0.5) is 5.69 Å². The summed E-state index contributed by atoms with van der Waals surface area (Å²) in [6, 6.07) is 26.4. The van der Waals surface area contributed by atoms with Crippen LogP contribution >= 0.6 is 0 Å². The third-order valence-electron chi connectivity index (χ3n) is 4.90. The third kappa shape index (κ3) is 4.58. The van der Waals surface area contributed by atoms with E-state index in [1.165, 1.54) is 0 Å². The highest BCUT2D eigenvalue weighted by Gasteiger charge is 2.13. The Morgan fingerprint density at radius 2 is 1.57 bits per heavy atom. The molecule has 0 atom stereocenters. The normalized spacial score (nSPS) is 10.7. The number of hydrogen-bond donors (Lipinski definition) is 1. The van der Waals surface area contributed by atoms with E-state index in [1.54, 1.807) is 30.1 Å². The Labute approximate surface area is 174 Å². The van der Waals surface area contributed by atoms with Crippen LogP contribution in [-0.4, -0.2) is 23.8 Å². The Kier molecular flexibility index (Phi) is 5.61. The first kappa shape index (κ1) is 19.5. The van der Waals surface area contributed by atoms with Crippen molar-refractivity contribution in [3.63, 3.8) is 0 Å². The summed E-state index contributed by atoms with van der Waals surface area (Å²) in [5, 5.41) is 3.71. The maximum Gasteiger partial charge on any atom is 0.291 e. The van der Waals surface area contributed by atoms with E-state index < -0.39 is 0 Å². The monoisotopic (exact) mass is 398 g/mol. The highest BCUT2D eigenvalue weighted by atomic mass is 16.3. The quantitative estimate of drug-likeness (QED) is 0.503. The summed E-state index contributed by atoms with van der Waals surface area (Å²) < 4.78 is 5.59. The summed E-state index contributed by atoms with van der Waals surface area (Å²) in [6.07, 6.45) is 0.307. The topological polar surface area (TPSA) is 62.6 Å². The first-order valence-corrected chi connectivity index (χ1v) is 9.75. The molecule has 0 saturated carbocycles. The molecule has 4 rings (SSSR count). The zero-order valence-corrected chi connectivity index (χ0v) is 16.7.